The van der Waals surface area contributed by atoms with Crippen molar-refractivity contribution in [1.82, 2.24) is 4.90 Å². The lowest BCUT2D eigenvalue weighted by Crippen LogP contribution is -2.44. The lowest BCUT2D eigenvalue weighted by Gasteiger charge is -2.33. The summed E-state index contributed by atoms with van der Waals surface area (Å²) < 4.78 is 38.4. The summed E-state index contributed by atoms with van der Waals surface area (Å²) in [6, 6.07) is 2.34. The maximum atomic E-state index is 12.8. The lowest BCUT2D eigenvalue weighted by atomic mass is 9.97. The van der Waals surface area contributed by atoms with E-state index in [4.69, 9.17) is 0 Å². The number of nitrogens with zero attached hydrogens (tertiary/aromatic N) is 3. The van der Waals surface area contributed by atoms with Crippen LogP contribution in [0.4, 0.5) is 24.5 Å². The lowest BCUT2D eigenvalue weighted by molar-refractivity contribution is -0.394. The summed E-state index contributed by atoms with van der Waals surface area (Å²) in [7, 11) is 0. The van der Waals surface area contributed by atoms with Crippen LogP contribution in [0.15, 0.2) is 18.2 Å². The fraction of sp³-hybridized carbons (Fsp3) is 0.462. The van der Waals surface area contributed by atoms with E-state index in [2.05, 4.69) is 0 Å². The van der Waals surface area contributed by atoms with Crippen LogP contribution < -0.4 is 0 Å². The van der Waals surface area contributed by atoms with Gasteiger partial charge < -0.3 is 4.90 Å². The van der Waals surface area contributed by atoms with E-state index in [9.17, 15) is 38.2 Å². The molecule has 0 bridgehead atoms. The number of benzene rings is 1. The van der Waals surface area contributed by atoms with Gasteiger partial charge in [-0.3, -0.25) is 25.0 Å². The van der Waals surface area contributed by atoms with Gasteiger partial charge in [0.2, 0.25) is 0 Å². The summed E-state index contributed by atoms with van der Waals surface area (Å²) in [5.74, 6) is -2.57. The van der Waals surface area contributed by atoms with E-state index in [1.807, 2.05) is 0 Å². The third-order valence-corrected chi connectivity index (χ3v) is 3.74. The Labute approximate surface area is 133 Å². The number of nitro groups is 2. The molecule has 2 rings (SSSR count). The van der Waals surface area contributed by atoms with E-state index in [0.717, 1.165) is 17.0 Å². The van der Waals surface area contributed by atoms with Gasteiger partial charge in [-0.1, -0.05) is 0 Å². The minimum atomic E-state index is -4.45. The molecule has 1 heterocycles. The molecule has 0 saturated carbocycles. The van der Waals surface area contributed by atoms with Crippen molar-refractivity contribution in [1.29, 1.82) is 0 Å². The second kappa shape index (κ2) is 6.42. The van der Waals surface area contributed by atoms with Crippen molar-refractivity contribution in [2.45, 2.75) is 19.0 Å². The van der Waals surface area contributed by atoms with Gasteiger partial charge in [-0.05, 0) is 12.8 Å². The molecule has 1 aromatic carbocycles. The molecule has 1 atom stereocenters. The zero-order valence-corrected chi connectivity index (χ0v) is 12.2. The summed E-state index contributed by atoms with van der Waals surface area (Å²) in [5, 5.41) is 21.6. The first-order valence-electron chi connectivity index (χ1n) is 6.89. The summed E-state index contributed by atoms with van der Waals surface area (Å²) in [4.78, 5) is 33.1. The molecule has 0 aromatic heterocycles. The largest absolute Gasteiger partial charge is 0.393 e. The first kappa shape index (κ1) is 17.6. The quantitative estimate of drug-likeness (QED) is 0.617. The highest BCUT2D eigenvalue weighted by atomic mass is 19.4. The standard InChI is InChI=1S/C13H12F3N3O5/c14-13(15,16)9-2-1-3-17(7-9)12(20)8-4-10(18(21)22)6-11(5-8)19(23)24/h4-6,9H,1-3,7H2. The van der Waals surface area contributed by atoms with Crippen LogP contribution in [0, 0.1) is 26.1 Å². The molecular formula is C13H12F3N3O5. The second-order valence-electron chi connectivity index (χ2n) is 5.38. The Kier molecular flexibility index (Phi) is 4.71. The van der Waals surface area contributed by atoms with Gasteiger partial charge in [-0.25, -0.2) is 0 Å². The number of likely N-dealkylation sites (tertiary alicyclic amines) is 1. The Morgan fingerprint density at radius 2 is 1.67 bits per heavy atom. The van der Waals surface area contributed by atoms with Gasteiger partial charge in [0.15, 0.2) is 0 Å². The molecule has 8 nitrogen and oxygen atoms in total. The average molecular weight is 347 g/mol. The van der Waals surface area contributed by atoms with Crippen LogP contribution in [0.1, 0.15) is 23.2 Å². The number of carbonyl (C=O) groups is 1. The van der Waals surface area contributed by atoms with Gasteiger partial charge in [-0.15, -0.1) is 0 Å². The van der Waals surface area contributed by atoms with Crippen LogP contribution in [-0.2, 0) is 0 Å². The van der Waals surface area contributed by atoms with Crippen LogP contribution in [0.25, 0.3) is 0 Å². The number of rotatable bonds is 3. The molecule has 1 aliphatic heterocycles. The van der Waals surface area contributed by atoms with Crippen molar-refractivity contribution in [3.63, 3.8) is 0 Å². The number of alkyl halides is 3. The summed E-state index contributed by atoms with van der Waals surface area (Å²) >= 11 is 0. The molecular weight excluding hydrogens is 335 g/mol. The van der Waals surface area contributed by atoms with E-state index in [-0.39, 0.29) is 24.9 Å². The summed E-state index contributed by atoms with van der Waals surface area (Å²) in [6.07, 6.45) is -4.43. The molecule has 24 heavy (non-hydrogen) atoms. The first-order chi connectivity index (χ1) is 11.1. The van der Waals surface area contributed by atoms with Crippen molar-refractivity contribution in [3.8, 4) is 0 Å². The summed E-state index contributed by atoms with van der Waals surface area (Å²) in [5.41, 5.74) is -1.72. The molecule has 1 fully saturated rings. The molecule has 11 heteroatoms. The fourth-order valence-electron chi connectivity index (χ4n) is 2.54. The number of piperidine rings is 1. The average Bonchev–Trinajstić information content (AvgIpc) is 2.53. The van der Waals surface area contributed by atoms with Crippen LogP contribution in [0.5, 0.6) is 0 Å². The maximum absolute atomic E-state index is 12.8. The van der Waals surface area contributed by atoms with Crippen molar-refractivity contribution < 1.29 is 27.8 Å². The first-order valence-corrected chi connectivity index (χ1v) is 6.89. The molecule has 1 saturated heterocycles. The van der Waals surface area contributed by atoms with Crippen LogP contribution in [0.2, 0.25) is 0 Å². The normalized spacial score (nSPS) is 18.3. The molecule has 1 amide bonds. The highest BCUT2D eigenvalue weighted by Gasteiger charge is 2.43. The van der Waals surface area contributed by atoms with E-state index in [0.29, 0.717) is 6.07 Å². The van der Waals surface area contributed by atoms with E-state index in [1.54, 1.807) is 0 Å². The number of halogens is 3. The fourth-order valence-corrected chi connectivity index (χ4v) is 2.54. The molecule has 130 valence electrons. The van der Waals surface area contributed by atoms with Crippen LogP contribution >= 0.6 is 0 Å². The van der Waals surface area contributed by atoms with Crippen molar-refractivity contribution in [3.05, 3.63) is 44.0 Å². The van der Waals surface area contributed by atoms with Crippen molar-refractivity contribution >= 4 is 17.3 Å². The van der Waals surface area contributed by atoms with E-state index in [1.165, 1.54) is 0 Å². The zero-order valence-electron chi connectivity index (χ0n) is 12.2. The number of hydrogen-bond acceptors (Lipinski definition) is 5. The smallest absolute Gasteiger partial charge is 0.338 e. The maximum Gasteiger partial charge on any atom is 0.393 e. The van der Waals surface area contributed by atoms with Crippen molar-refractivity contribution in [2.24, 2.45) is 5.92 Å². The molecule has 0 N–H and O–H groups in total. The monoisotopic (exact) mass is 347 g/mol. The molecule has 1 aliphatic rings. The Bertz CT molecular complexity index is 660. The number of amides is 1. The number of carbonyl (C=O) groups excluding carboxylic acids is 1. The number of hydrogen-bond donors (Lipinski definition) is 0. The third-order valence-electron chi connectivity index (χ3n) is 3.74. The predicted octanol–water partition coefficient (Wildman–Crippen LogP) is 2.92. The van der Waals surface area contributed by atoms with E-state index < -0.39 is 45.8 Å². The molecule has 1 aromatic rings. The third kappa shape index (κ3) is 3.78. The molecule has 0 spiro atoms. The van der Waals surface area contributed by atoms with E-state index >= 15 is 0 Å². The van der Waals surface area contributed by atoms with Gasteiger partial charge in [-0.2, -0.15) is 13.2 Å². The minimum absolute atomic E-state index is 0.0574. The van der Waals surface area contributed by atoms with Gasteiger partial charge in [0.1, 0.15) is 0 Å². The Balaban J connectivity index is 2.31. The Morgan fingerprint density at radius 1 is 1.12 bits per heavy atom. The Hall–Kier alpha value is -2.72. The molecule has 0 aliphatic carbocycles. The van der Waals surface area contributed by atoms with Gasteiger partial charge in [0.25, 0.3) is 17.3 Å². The van der Waals surface area contributed by atoms with Crippen LogP contribution in [-0.4, -0.2) is 39.9 Å². The minimum Gasteiger partial charge on any atom is -0.338 e. The van der Waals surface area contributed by atoms with Crippen LogP contribution in [0.3, 0.4) is 0 Å². The second-order valence-corrected chi connectivity index (χ2v) is 5.38. The topological polar surface area (TPSA) is 107 Å². The zero-order chi connectivity index (χ0) is 18.1. The number of non-ortho nitro benzene ring substituents is 2. The highest BCUT2D eigenvalue weighted by molar-refractivity contribution is 5.95. The van der Waals surface area contributed by atoms with Gasteiger partial charge in [0, 0.05) is 25.2 Å². The number of nitro benzene ring substituents is 2. The highest BCUT2D eigenvalue weighted by Crippen LogP contribution is 2.34. The van der Waals surface area contributed by atoms with Gasteiger partial charge in [0.05, 0.1) is 27.4 Å². The summed E-state index contributed by atoms with van der Waals surface area (Å²) in [6.45, 7) is -0.513. The molecule has 1 unspecified atom stereocenters. The predicted molar refractivity (Wildman–Crippen MR) is 74.4 cm³/mol. The molecule has 0 radical (unpaired) electrons. The van der Waals surface area contributed by atoms with Gasteiger partial charge >= 0.3 is 6.18 Å². The van der Waals surface area contributed by atoms with Crippen molar-refractivity contribution in [2.75, 3.05) is 13.1 Å². The Morgan fingerprint density at radius 3 is 2.12 bits per heavy atom. The SMILES string of the molecule is O=C(c1cc([N+](=O)[O-])cc([N+](=O)[O-])c1)N1CCCC(C(F)(F)F)C1.